The van der Waals surface area contributed by atoms with Crippen LogP contribution in [0, 0.1) is 0 Å². The van der Waals surface area contributed by atoms with Crippen LogP contribution in [0.1, 0.15) is 23.0 Å². The molecule has 2 amide bonds. The first-order chi connectivity index (χ1) is 18.4. The molecular formula is C26H26N4O6S2. The van der Waals surface area contributed by atoms with Crippen LogP contribution in [-0.2, 0) is 21.3 Å². The first-order valence-electron chi connectivity index (χ1n) is 12.1. The van der Waals surface area contributed by atoms with E-state index in [0.717, 1.165) is 10.2 Å². The van der Waals surface area contributed by atoms with Crippen molar-refractivity contribution in [2.24, 2.45) is 0 Å². The number of hydrogen-bond donors (Lipinski definition) is 0. The number of sulfonamides is 1. The smallest absolute Gasteiger partial charge is 0.409 e. The van der Waals surface area contributed by atoms with Gasteiger partial charge in [0.15, 0.2) is 5.13 Å². The fourth-order valence-electron chi connectivity index (χ4n) is 4.16. The SMILES string of the molecule is CCOC(=O)N1CCN(S(=O)(=O)c2ccc(C(=O)N(Cc3ccco3)c3nc4ccccc4s3)cc2)CC1. The summed E-state index contributed by atoms with van der Waals surface area (Å²) in [4.78, 5) is 33.3. The maximum Gasteiger partial charge on any atom is 0.409 e. The Kier molecular flexibility index (Phi) is 7.45. The highest BCUT2D eigenvalue weighted by atomic mass is 32.2. The lowest BCUT2D eigenvalue weighted by Gasteiger charge is -2.33. The number of carbonyl (C=O) groups excluding carboxylic acids is 2. The molecule has 2 aromatic heterocycles. The summed E-state index contributed by atoms with van der Waals surface area (Å²) in [6.07, 6.45) is 1.10. The number of thiazole rings is 1. The van der Waals surface area contributed by atoms with Gasteiger partial charge in [-0.05, 0) is 55.5 Å². The molecule has 1 fully saturated rings. The number of anilines is 1. The van der Waals surface area contributed by atoms with Crippen molar-refractivity contribution in [3.63, 3.8) is 0 Å². The van der Waals surface area contributed by atoms with Gasteiger partial charge in [0.2, 0.25) is 10.0 Å². The fourth-order valence-corrected chi connectivity index (χ4v) is 6.55. The number of rotatable bonds is 7. The number of ether oxygens (including phenoxy) is 1. The third kappa shape index (κ3) is 5.28. The molecule has 0 bridgehead atoms. The van der Waals surface area contributed by atoms with Gasteiger partial charge in [0.05, 0.1) is 34.5 Å². The Balaban J connectivity index is 1.35. The summed E-state index contributed by atoms with van der Waals surface area (Å²) in [6, 6.07) is 17.1. The average molecular weight is 555 g/mol. The summed E-state index contributed by atoms with van der Waals surface area (Å²) >= 11 is 1.39. The van der Waals surface area contributed by atoms with Gasteiger partial charge in [-0.3, -0.25) is 9.69 Å². The zero-order chi connectivity index (χ0) is 26.7. The minimum Gasteiger partial charge on any atom is -0.467 e. The fraction of sp³-hybridized carbons (Fsp3) is 0.269. The van der Waals surface area contributed by atoms with Crippen LogP contribution in [0.5, 0.6) is 0 Å². The van der Waals surface area contributed by atoms with Crippen molar-refractivity contribution in [1.82, 2.24) is 14.2 Å². The average Bonchev–Trinajstić information content (AvgIpc) is 3.61. The topological polar surface area (TPSA) is 113 Å². The molecule has 0 radical (unpaired) electrons. The molecule has 0 spiro atoms. The molecule has 38 heavy (non-hydrogen) atoms. The van der Waals surface area contributed by atoms with E-state index in [1.165, 1.54) is 49.7 Å². The van der Waals surface area contributed by atoms with Crippen LogP contribution >= 0.6 is 11.3 Å². The molecule has 12 heteroatoms. The van der Waals surface area contributed by atoms with Gasteiger partial charge < -0.3 is 14.1 Å². The van der Waals surface area contributed by atoms with Gasteiger partial charge in [-0.2, -0.15) is 4.31 Å². The van der Waals surface area contributed by atoms with Gasteiger partial charge in [0.25, 0.3) is 5.91 Å². The molecule has 0 saturated carbocycles. The molecule has 2 aromatic carbocycles. The summed E-state index contributed by atoms with van der Waals surface area (Å²) in [7, 11) is -3.79. The van der Waals surface area contributed by atoms with Crippen LogP contribution in [0.3, 0.4) is 0 Å². The summed E-state index contributed by atoms with van der Waals surface area (Å²) in [5, 5.41) is 0.517. The Hall–Kier alpha value is -3.74. The number of hydrogen-bond acceptors (Lipinski definition) is 8. The predicted molar refractivity (Wildman–Crippen MR) is 143 cm³/mol. The lowest BCUT2D eigenvalue weighted by molar-refractivity contribution is 0.0933. The first kappa shape index (κ1) is 25.9. The van der Waals surface area contributed by atoms with Crippen LogP contribution in [0.2, 0.25) is 0 Å². The molecule has 5 rings (SSSR count). The standard InChI is InChI=1S/C26H26N4O6S2/c1-2-35-26(32)28-13-15-29(16-14-28)38(33,34)21-11-9-19(10-12-21)24(31)30(18-20-6-5-17-36-20)25-27-22-7-3-4-8-23(22)37-25/h3-12,17H,2,13-16,18H2,1H3. The number of nitrogens with zero attached hydrogens (tertiary/aromatic N) is 4. The summed E-state index contributed by atoms with van der Waals surface area (Å²) in [5.41, 5.74) is 1.11. The van der Waals surface area contributed by atoms with E-state index in [-0.39, 0.29) is 50.1 Å². The molecule has 1 saturated heterocycles. The highest BCUT2D eigenvalue weighted by Crippen LogP contribution is 2.31. The van der Waals surface area contributed by atoms with Crippen molar-refractivity contribution < 1.29 is 27.2 Å². The van der Waals surface area contributed by atoms with E-state index < -0.39 is 16.1 Å². The molecule has 0 N–H and O–H groups in total. The van der Waals surface area contributed by atoms with Crippen molar-refractivity contribution in [1.29, 1.82) is 0 Å². The third-order valence-corrected chi connectivity index (χ3v) is 9.13. The van der Waals surface area contributed by atoms with Gasteiger partial charge in [0, 0.05) is 31.7 Å². The van der Waals surface area contributed by atoms with E-state index in [0.29, 0.717) is 16.5 Å². The Morgan fingerprint density at radius 2 is 1.76 bits per heavy atom. The predicted octanol–water partition coefficient (Wildman–Crippen LogP) is 4.20. The minimum absolute atomic E-state index is 0.0798. The lowest BCUT2D eigenvalue weighted by Crippen LogP contribution is -2.50. The van der Waals surface area contributed by atoms with Crippen molar-refractivity contribution in [2.45, 2.75) is 18.4 Å². The van der Waals surface area contributed by atoms with Crippen LogP contribution in [0.4, 0.5) is 9.93 Å². The number of benzene rings is 2. The maximum absolute atomic E-state index is 13.6. The molecule has 198 valence electrons. The molecular weight excluding hydrogens is 528 g/mol. The Morgan fingerprint density at radius 1 is 1.03 bits per heavy atom. The Morgan fingerprint density at radius 3 is 2.42 bits per heavy atom. The number of carbonyl (C=O) groups is 2. The normalized spacial score (nSPS) is 14.5. The highest BCUT2D eigenvalue weighted by Gasteiger charge is 2.31. The summed E-state index contributed by atoms with van der Waals surface area (Å²) < 4.78 is 39.2. The van der Waals surface area contributed by atoms with E-state index in [1.807, 2.05) is 24.3 Å². The van der Waals surface area contributed by atoms with Gasteiger partial charge >= 0.3 is 6.09 Å². The van der Waals surface area contributed by atoms with E-state index in [1.54, 1.807) is 25.3 Å². The van der Waals surface area contributed by atoms with E-state index >= 15 is 0 Å². The lowest BCUT2D eigenvalue weighted by atomic mass is 10.2. The zero-order valence-corrected chi connectivity index (χ0v) is 22.3. The number of piperazine rings is 1. The van der Waals surface area contributed by atoms with Gasteiger partial charge in [-0.1, -0.05) is 23.5 Å². The number of aromatic nitrogens is 1. The quantitative estimate of drug-likeness (QED) is 0.336. The zero-order valence-electron chi connectivity index (χ0n) is 20.6. The molecule has 4 aromatic rings. The third-order valence-electron chi connectivity index (χ3n) is 6.16. The monoisotopic (exact) mass is 554 g/mol. The van der Waals surface area contributed by atoms with Crippen molar-refractivity contribution in [3.05, 3.63) is 78.3 Å². The summed E-state index contributed by atoms with van der Waals surface area (Å²) in [6.45, 7) is 2.99. The van der Waals surface area contributed by atoms with Crippen molar-refractivity contribution in [2.75, 3.05) is 37.7 Å². The van der Waals surface area contributed by atoms with E-state index in [9.17, 15) is 18.0 Å². The van der Waals surface area contributed by atoms with Gasteiger partial charge in [-0.15, -0.1) is 0 Å². The number of fused-ring (bicyclic) bond motifs is 1. The van der Waals surface area contributed by atoms with Crippen molar-refractivity contribution in [3.8, 4) is 0 Å². The second kappa shape index (κ2) is 10.9. The second-order valence-electron chi connectivity index (χ2n) is 8.55. The highest BCUT2D eigenvalue weighted by molar-refractivity contribution is 7.89. The molecule has 0 atom stereocenters. The molecule has 10 nitrogen and oxygen atoms in total. The van der Waals surface area contributed by atoms with Crippen LogP contribution in [0.25, 0.3) is 10.2 Å². The largest absolute Gasteiger partial charge is 0.467 e. The van der Waals surface area contributed by atoms with Gasteiger partial charge in [0.1, 0.15) is 5.76 Å². The first-order valence-corrected chi connectivity index (χ1v) is 14.3. The van der Waals surface area contributed by atoms with E-state index in [2.05, 4.69) is 4.98 Å². The van der Waals surface area contributed by atoms with Gasteiger partial charge in [-0.25, -0.2) is 18.2 Å². The molecule has 0 unspecified atom stereocenters. The molecule has 1 aliphatic rings. The van der Waals surface area contributed by atoms with Crippen molar-refractivity contribution >= 4 is 48.7 Å². The number of furan rings is 1. The van der Waals surface area contributed by atoms with Crippen LogP contribution < -0.4 is 4.90 Å². The molecule has 0 aliphatic carbocycles. The number of para-hydroxylation sites is 1. The minimum atomic E-state index is -3.79. The van der Waals surface area contributed by atoms with Crippen LogP contribution in [0.15, 0.2) is 76.2 Å². The Bertz CT molecular complexity index is 1490. The second-order valence-corrected chi connectivity index (χ2v) is 11.5. The Labute approximate surface area is 224 Å². The summed E-state index contributed by atoms with van der Waals surface area (Å²) in [5.74, 6) is 0.270. The van der Waals surface area contributed by atoms with E-state index in [4.69, 9.17) is 9.15 Å². The molecule has 3 heterocycles. The van der Waals surface area contributed by atoms with Crippen LogP contribution in [-0.4, -0.2) is 67.4 Å². The number of amides is 2. The maximum atomic E-state index is 13.6. The molecule has 1 aliphatic heterocycles.